The smallest absolute Gasteiger partial charge is 0.338 e. The standard InChI is InChI=1S/C52H60N2O15/c1-29-35(66-48(61)42(63-8)40(32-18-12-9-13-19-32)54-46(59)33-20-14-10-15-21-33)27-52(62)45(68-47(60)34-22-16-11-17-23-34)43-50(6,44(58)41(65-30(2)55)39(29)49(52,4)5)36(67-38(57)24-25-53-7)26-37-51(43,28-64-37)69-31(3)56/h9-23,35-37,40-43,45,53,62H,24-28H2,1-8H3,(H,54,59)/t35-,36-,37+,40-,41+,42+,43-,45-,50+,51-,52+/m0/s1. The molecule has 0 aromatic heterocycles. The monoisotopic (exact) mass is 952 g/mol. The highest BCUT2D eigenvalue weighted by atomic mass is 16.6. The number of Topliss-reactive ketones (excluding diaryl/α,β-unsaturated/α-hetero) is 1. The number of aliphatic hydroxyl groups is 1. The van der Waals surface area contributed by atoms with E-state index in [2.05, 4.69) is 10.6 Å². The van der Waals surface area contributed by atoms with Gasteiger partial charge in [0.1, 0.15) is 30.0 Å². The first kappa shape index (κ1) is 50.6. The number of esters is 5. The average molecular weight is 953 g/mol. The van der Waals surface area contributed by atoms with Gasteiger partial charge in [0, 0.05) is 51.3 Å². The molecule has 3 aromatic carbocycles. The van der Waals surface area contributed by atoms with Crippen LogP contribution >= 0.6 is 0 Å². The molecule has 7 rings (SSSR count). The minimum atomic E-state index is -2.41. The molecular formula is C52H60N2O15. The van der Waals surface area contributed by atoms with Crippen molar-refractivity contribution in [1.82, 2.24) is 10.6 Å². The fraction of sp³-hybridized carbons (Fsp3) is 0.481. The number of rotatable bonds is 15. The predicted molar refractivity (Wildman–Crippen MR) is 245 cm³/mol. The molecule has 1 aliphatic heterocycles. The molecule has 3 N–H and O–H groups in total. The molecule has 69 heavy (non-hydrogen) atoms. The molecule has 1 amide bonds. The minimum absolute atomic E-state index is 0.0226. The van der Waals surface area contributed by atoms with Crippen LogP contribution in [0.5, 0.6) is 0 Å². The molecule has 3 aromatic rings. The Labute approximate surface area is 400 Å². The van der Waals surface area contributed by atoms with E-state index in [0.717, 1.165) is 6.92 Å². The van der Waals surface area contributed by atoms with Crippen molar-refractivity contribution in [1.29, 1.82) is 0 Å². The number of methoxy groups -OCH3 is 1. The Balaban J connectivity index is 1.43. The third-order valence-electron chi connectivity index (χ3n) is 14.5. The number of amides is 1. The van der Waals surface area contributed by atoms with Crippen molar-refractivity contribution in [2.24, 2.45) is 16.7 Å². The van der Waals surface area contributed by atoms with Crippen LogP contribution in [0.1, 0.15) is 93.1 Å². The van der Waals surface area contributed by atoms with Crippen molar-refractivity contribution in [3.63, 3.8) is 0 Å². The first-order valence-electron chi connectivity index (χ1n) is 23.0. The number of hydrogen-bond acceptors (Lipinski definition) is 16. The third-order valence-corrected chi connectivity index (χ3v) is 14.5. The molecule has 4 aliphatic rings. The van der Waals surface area contributed by atoms with Crippen molar-refractivity contribution in [2.45, 2.75) is 115 Å². The van der Waals surface area contributed by atoms with Crippen LogP contribution in [0.25, 0.3) is 0 Å². The highest BCUT2D eigenvalue weighted by molar-refractivity contribution is 5.96. The summed E-state index contributed by atoms with van der Waals surface area (Å²) in [7, 11) is 2.92. The highest BCUT2D eigenvalue weighted by Crippen LogP contribution is 2.65. The Bertz CT molecular complexity index is 2480. The molecule has 11 atom stereocenters. The lowest BCUT2D eigenvalue weighted by molar-refractivity contribution is -0.346. The van der Waals surface area contributed by atoms with Gasteiger partial charge < -0.3 is 48.9 Å². The highest BCUT2D eigenvalue weighted by Gasteiger charge is 2.79. The van der Waals surface area contributed by atoms with Crippen molar-refractivity contribution in [3.05, 3.63) is 119 Å². The average Bonchev–Trinajstić information content (AvgIpc) is 3.31. The van der Waals surface area contributed by atoms with Gasteiger partial charge in [-0.05, 0) is 61.9 Å². The van der Waals surface area contributed by atoms with Gasteiger partial charge in [0.25, 0.3) is 5.91 Å². The first-order chi connectivity index (χ1) is 32.7. The second-order valence-electron chi connectivity index (χ2n) is 18.9. The van der Waals surface area contributed by atoms with Crippen LogP contribution in [-0.2, 0) is 57.1 Å². The molecule has 17 heteroatoms. The molecular weight excluding hydrogens is 893 g/mol. The van der Waals surface area contributed by atoms with Crippen LogP contribution in [0.15, 0.2) is 102 Å². The molecule has 3 fully saturated rings. The first-order valence-corrected chi connectivity index (χ1v) is 23.0. The fourth-order valence-electron chi connectivity index (χ4n) is 11.0. The topological polar surface area (TPSA) is 228 Å². The lowest BCUT2D eigenvalue weighted by atomic mass is 9.44. The van der Waals surface area contributed by atoms with Crippen LogP contribution in [0.2, 0.25) is 0 Å². The maximum Gasteiger partial charge on any atom is 0.338 e. The summed E-state index contributed by atoms with van der Waals surface area (Å²) >= 11 is 0. The molecule has 3 aliphatic carbocycles. The van der Waals surface area contributed by atoms with Crippen molar-refractivity contribution in [2.75, 3.05) is 27.3 Å². The fourth-order valence-corrected chi connectivity index (χ4v) is 11.0. The van der Waals surface area contributed by atoms with Gasteiger partial charge in [-0.3, -0.25) is 24.0 Å². The number of benzene rings is 3. The molecule has 2 bridgehead atoms. The zero-order valence-electron chi connectivity index (χ0n) is 40.0. The van der Waals surface area contributed by atoms with E-state index in [1.807, 2.05) is 0 Å². The van der Waals surface area contributed by atoms with Gasteiger partial charge in [-0.1, -0.05) is 80.6 Å². The number of ketones is 1. The largest absolute Gasteiger partial charge is 0.461 e. The van der Waals surface area contributed by atoms with Crippen molar-refractivity contribution >= 4 is 41.5 Å². The van der Waals surface area contributed by atoms with Crippen molar-refractivity contribution in [3.8, 4) is 0 Å². The number of ether oxygens (including phenoxy) is 7. The van der Waals surface area contributed by atoms with E-state index in [-0.39, 0.29) is 42.7 Å². The zero-order chi connectivity index (χ0) is 50.1. The van der Waals surface area contributed by atoms with E-state index in [9.17, 15) is 33.9 Å². The molecule has 368 valence electrons. The van der Waals surface area contributed by atoms with E-state index in [4.69, 9.17) is 33.2 Å². The van der Waals surface area contributed by atoms with Crippen LogP contribution in [-0.4, -0.2) is 122 Å². The summed E-state index contributed by atoms with van der Waals surface area (Å²) in [5, 5.41) is 19.8. The molecule has 0 spiro atoms. The van der Waals surface area contributed by atoms with E-state index < -0.39 is 119 Å². The molecule has 1 heterocycles. The Morgan fingerprint density at radius 3 is 1.99 bits per heavy atom. The quantitative estimate of drug-likeness (QED) is 0.108. The van der Waals surface area contributed by atoms with E-state index in [1.54, 1.807) is 107 Å². The van der Waals surface area contributed by atoms with Gasteiger partial charge in [0.15, 0.2) is 23.6 Å². The van der Waals surface area contributed by atoms with E-state index >= 15 is 4.79 Å². The van der Waals surface area contributed by atoms with Crippen LogP contribution in [0.3, 0.4) is 0 Å². The summed E-state index contributed by atoms with van der Waals surface area (Å²) in [6, 6.07) is 23.8. The molecule has 0 radical (unpaired) electrons. The van der Waals surface area contributed by atoms with Crippen LogP contribution in [0.4, 0.5) is 0 Å². The molecule has 2 saturated carbocycles. The molecule has 0 unspecified atom stereocenters. The van der Waals surface area contributed by atoms with Gasteiger partial charge in [-0.15, -0.1) is 0 Å². The number of fused-ring (bicyclic) bond motifs is 5. The summed E-state index contributed by atoms with van der Waals surface area (Å²) in [5.74, 6) is -7.22. The third kappa shape index (κ3) is 9.20. The molecule has 1 saturated heterocycles. The maximum absolute atomic E-state index is 16.1. The van der Waals surface area contributed by atoms with Gasteiger partial charge in [0.2, 0.25) is 0 Å². The van der Waals surface area contributed by atoms with Gasteiger partial charge in [0.05, 0.1) is 36.0 Å². The zero-order valence-corrected chi connectivity index (χ0v) is 40.0. The van der Waals surface area contributed by atoms with E-state index in [1.165, 1.54) is 33.1 Å². The summed E-state index contributed by atoms with van der Waals surface area (Å²) in [6.45, 7) is 8.39. The van der Waals surface area contributed by atoms with Gasteiger partial charge in [-0.25, -0.2) is 9.59 Å². The summed E-state index contributed by atoms with van der Waals surface area (Å²) in [5.41, 5.74) is -6.86. The van der Waals surface area contributed by atoms with Crippen LogP contribution in [0, 0.1) is 16.7 Å². The second kappa shape index (κ2) is 20.0. The Morgan fingerprint density at radius 2 is 1.43 bits per heavy atom. The normalized spacial score (nSPS) is 29.7. The Kier molecular flexibility index (Phi) is 14.7. The van der Waals surface area contributed by atoms with Gasteiger partial charge in [-0.2, -0.15) is 0 Å². The SMILES string of the molecule is CNCCC(=O)O[C@H]1C[C@H]2OC[C@@]2(OC(C)=O)[C@H]2[C@H](OC(=O)c3ccccc3)[C@]3(O)C[C@H](OC(=O)[C@H](OC)[C@@H](NC(=O)c4ccccc4)c4ccccc4)C(C)=C([C@@H](OC(C)=O)C(=O)[C@]12C)C3(C)C. The summed E-state index contributed by atoms with van der Waals surface area (Å²) in [4.78, 5) is 99.4. The lowest BCUT2D eigenvalue weighted by Gasteiger charge is -2.67. The Morgan fingerprint density at radius 1 is 0.826 bits per heavy atom. The summed E-state index contributed by atoms with van der Waals surface area (Å²) < 4.78 is 43.3. The lowest BCUT2D eigenvalue weighted by Crippen LogP contribution is -2.82. The predicted octanol–water partition coefficient (Wildman–Crippen LogP) is 4.55. The summed E-state index contributed by atoms with van der Waals surface area (Å²) in [6.07, 6.45) is -9.88. The Hall–Kier alpha value is -6.27. The van der Waals surface area contributed by atoms with Gasteiger partial charge >= 0.3 is 29.8 Å². The molecule has 17 nitrogen and oxygen atoms in total. The number of carbonyl (C=O) groups excluding carboxylic acids is 7. The number of nitrogens with one attached hydrogen (secondary N) is 2. The van der Waals surface area contributed by atoms with E-state index in [0.29, 0.717) is 11.1 Å². The number of hydrogen-bond donors (Lipinski definition) is 3. The maximum atomic E-state index is 16.1. The second-order valence-corrected chi connectivity index (χ2v) is 18.9. The number of carbonyl (C=O) groups is 7. The van der Waals surface area contributed by atoms with Crippen molar-refractivity contribution < 1.29 is 71.8 Å². The minimum Gasteiger partial charge on any atom is -0.461 e. The van der Waals surface area contributed by atoms with Crippen LogP contribution < -0.4 is 10.6 Å².